The van der Waals surface area contributed by atoms with Crippen LogP contribution in [0.4, 0.5) is 0 Å². The molecular weight excluding hydrogens is 607 g/mol. The second kappa shape index (κ2) is 17.0. The highest BCUT2D eigenvalue weighted by Crippen LogP contribution is 2.23. The van der Waals surface area contributed by atoms with E-state index in [4.69, 9.17) is 0 Å². The molecule has 43 heavy (non-hydrogen) atoms. The van der Waals surface area contributed by atoms with Gasteiger partial charge in [-0.3, -0.25) is 0 Å². The van der Waals surface area contributed by atoms with E-state index in [0.29, 0.717) is 12.5 Å². The van der Waals surface area contributed by atoms with Crippen molar-refractivity contribution in [2.75, 3.05) is 6.54 Å². The summed E-state index contributed by atoms with van der Waals surface area (Å²) in [6, 6.07) is -0.00606. The van der Waals surface area contributed by atoms with Gasteiger partial charge in [-0.2, -0.15) is 0 Å². The Morgan fingerprint density at radius 3 is 1.07 bits per heavy atom. The van der Waals surface area contributed by atoms with Gasteiger partial charge in [0, 0.05) is 18.6 Å². The lowest BCUT2D eigenvalue weighted by Crippen LogP contribution is -2.44. The molecule has 3 N–H and O–H groups in total. The number of nitrogens with one attached hydrogen (secondary N) is 3. The summed E-state index contributed by atoms with van der Waals surface area (Å²) in [6.45, 7) is 36.5. The zero-order valence-electron chi connectivity index (χ0n) is 31.2. The third kappa shape index (κ3) is 22.8. The molecule has 0 spiro atoms. The summed E-state index contributed by atoms with van der Waals surface area (Å²) >= 11 is 0. The van der Waals surface area contributed by atoms with Crippen LogP contribution < -0.4 is 14.2 Å². The molecular formula is C31H71N3O6S3. The average molecular weight is 678 g/mol. The van der Waals surface area contributed by atoms with Gasteiger partial charge in [0.15, 0.2) is 0 Å². The molecule has 0 saturated carbocycles. The van der Waals surface area contributed by atoms with Crippen molar-refractivity contribution in [3.05, 3.63) is 0 Å². The number of hydrogen-bond donors (Lipinski definition) is 3. The van der Waals surface area contributed by atoms with Crippen LogP contribution in [0.25, 0.3) is 0 Å². The van der Waals surface area contributed by atoms with Gasteiger partial charge in [-0.15, -0.1) is 0 Å². The van der Waals surface area contributed by atoms with Crippen LogP contribution in [-0.4, -0.2) is 58.1 Å². The van der Waals surface area contributed by atoms with Gasteiger partial charge in [-0.25, -0.2) is 39.4 Å². The zero-order chi connectivity index (χ0) is 35.7. The van der Waals surface area contributed by atoms with Gasteiger partial charge in [0.2, 0.25) is 30.1 Å². The molecule has 0 bridgehead atoms. The molecule has 0 unspecified atom stereocenters. The van der Waals surface area contributed by atoms with Gasteiger partial charge in [0.05, 0.1) is 14.2 Å². The maximum Gasteiger partial charge on any atom is 0.216 e. The summed E-state index contributed by atoms with van der Waals surface area (Å²) in [5.74, 6) is 0.507. The largest absolute Gasteiger partial charge is 0.216 e. The van der Waals surface area contributed by atoms with E-state index < -0.39 is 44.3 Å². The Morgan fingerprint density at radius 1 is 0.488 bits per heavy atom. The third-order valence-corrected chi connectivity index (χ3v) is 12.9. The maximum atomic E-state index is 11.8. The molecule has 0 aliphatic rings. The predicted octanol–water partition coefficient (Wildman–Crippen LogP) is 6.81. The first kappa shape index (κ1) is 47.1. The quantitative estimate of drug-likeness (QED) is 0.232. The average Bonchev–Trinajstić information content (AvgIpc) is 2.61. The monoisotopic (exact) mass is 677 g/mol. The fourth-order valence-corrected chi connectivity index (χ4v) is 6.13. The van der Waals surface area contributed by atoms with Crippen LogP contribution in [0, 0.1) is 16.7 Å². The minimum Gasteiger partial charge on any atom is -0.215 e. The van der Waals surface area contributed by atoms with Crippen molar-refractivity contribution in [3.63, 3.8) is 0 Å². The van der Waals surface area contributed by atoms with E-state index in [1.165, 1.54) is 0 Å². The first-order valence-electron chi connectivity index (χ1n) is 15.4. The fraction of sp³-hybridized carbons (Fsp3) is 1.00. The molecule has 2 atom stereocenters. The lowest BCUT2D eigenvalue weighted by molar-refractivity contribution is 0.336. The van der Waals surface area contributed by atoms with E-state index in [0.717, 1.165) is 19.3 Å². The van der Waals surface area contributed by atoms with Crippen molar-refractivity contribution in [1.29, 1.82) is 0 Å². The Bertz CT molecular complexity index is 1110. The molecule has 12 heteroatoms. The lowest BCUT2D eigenvalue weighted by atomic mass is 9.89. The van der Waals surface area contributed by atoms with E-state index in [2.05, 4.69) is 69.6 Å². The highest BCUT2D eigenvalue weighted by Gasteiger charge is 2.32. The minimum atomic E-state index is -3.22. The van der Waals surface area contributed by atoms with Crippen LogP contribution in [0.1, 0.15) is 151 Å². The SMILES string of the molecule is CC(C)(C)CCNS(=O)(=O)C(C)(C)C.CC(C)C[C@H](C)NS(=O)(=O)C(C)(C)C.C[C@H](CC(C)(C)C)NS(=O)(=O)C(C)(C)C. The van der Waals surface area contributed by atoms with Gasteiger partial charge in [-0.05, 0) is 112 Å². The molecule has 9 nitrogen and oxygen atoms in total. The van der Waals surface area contributed by atoms with Gasteiger partial charge in [0.25, 0.3) is 0 Å². The molecule has 0 amide bonds. The topological polar surface area (TPSA) is 139 Å². The Morgan fingerprint density at radius 2 is 0.814 bits per heavy atom. The number of hydrogen-bond acceptors (Lipinski definition) is 6. The minimum absolute atomic E-state index is 0.0132. The Hall–Kier alpha value is -0.270. The molecule has 0 heterocycles. The van der Waals surface area contributed by atoms with Crippen LogP contribution in [0.5, 0.6) is 0 Å². The Kier molecular flexibility index (Phi) is 18.7. The van der Waals surface area contributed by atoms with Gasteiger partial charge in [0.1, 0.15) is 0 Å². The number of rotatable bonds is 10. The summed E-state index contributed by atoms with van der Waals surface area (Å²) in [6.07, 6.45) is 2.56. The van der Waals surface area contributed by atoms with E-state index in [9.17, 15) is 25.3 Å². The van der Waals surface area contributed by atoms with Gasteiger partial charge < -0.3 is 0 Å². The second-order valence-corrected chi connectivity index (χ2v) is 24.9. The molecule has 0 aromatic heterocycles. The molecule has 0 rings (SSSR count). The Labute approximate surface area is 269 Å². The van der Waals surface area contributed by atoms with Crippen LogP contribution in [0.15, 0.2) is 0 Å². The van der Waals surface area contributed by atoms with Crippen LogP contribution in [0.3, 0.4) is 0 Å². The van der Waals surface area contributed by atoms with Crippen molar-refractivity contribution >= 4 is 30.1 Å². The molecule has 0 saturated heterocycles. The molecule has 0 aliphatic heterocycles. The molecule has 0 aliphatic carbocycles. The highest BCUT2D eigenvalue weighted by atomic mass is 32.2. The van der Waals surface area contributed by atoms with Crippen molar-refractivity contribution in [3.8, 4) is 0 Å². The van der Waals surface area contributed by atoms with Crippen molar-refractivity contribution in [1.82, 2.24) is 14.2 Å². The van der Waals surface area contributed by atoms with Crippen LogP contribution in [-0.2, 0) is 30.1 Å². The van der Waals surface area contributed by atoms with E-state index in [-0.39, 0.29) is 22.9 Å². The summed E-state index contributed by atoms with van der Waals surface area (Å²) in [7, 11) is -9.58. The fourth-order valence-electron chi connectivity index (χ4n) is 3.38. The van der Waals surface area contributed by atoms with Gasteiger partial charge in [-0.1, -0.05) is 55.4 Å². The first-order valence-corrected chi connectivity index (χ1v) is 19.8. The molecule has 0 aromatic rings. The molecule has 0 radical (unpaired) electrons. The first-order chi connectivity index (χ1) is 18.4. The molecule has 0 fully saturated rings. The summed E-state index contributed by atoms with van der Waals surface area (Å²) < 4.78 is 76.3. The predicted molar refractivity (Wildman–Crippen MR) is 187 cm³/mol. The van der Waals surface area contributed by atoms with E-state index in [1.807, 2.05) is 13.8 Å². The third-order valence-electron chi connectivity index (χ3n) is 6.04. The molecule has 264 valence electrons. The smallest absolute Gasteiger partial charge is 0.215 e. The van der Waals surface area contributed by atoms with E-state index >= 15 is 0 Å². The van der Waals surface area contributed by atoms with Crippen molar-refractivity contribution < 1.29 is 25.3 Å². The standard InChI is InChI=1S/C11H25NO2S.2C10H23NO2S/c1-9(8-10(2,3)4)12-15(13,14)11(5,6)7;1-9(2,3)7-8-11-14(12,13)10(4,5)6;1-8(2)7-9(3)11-14(12,13)10(4,5)6/h9,12H,8H2,1-7H3;11H,7-8H2,1-6H3;8-9,11H,7H2,1-6H3/t9-;;9-/m1.0/s1. The lowest BCUT2D eigenvalue weighted by Gasteiger charge is -2.27. The van der Waals surface area contributed by atoms with Gasteiger partial charge >= 0.3 is 0 Å². The second-order valence-electron chi connectivity index (χ2n) is 17.5. The zero-order valence-corrected chi connectivity index (χ0v) is 33.7. The van der Waals surface area contributed by atoms with Crippen molar-refractivity contribution in [2.45, 2.75) is 177 Å². The summed E-state index contributed by atoms with van der Waals surface area (Å²) in [5, 5.41) is 0. The maximum absolute atomic E-state index is 11.8. The Balaban J connectivity index is -0.000000559. The van der Waals surface area contributed by atoms with Crippen LogP contribution in [0.2, 0.25) is 0 Å². The normalized spacial score (nSPS) is 15.6. The van der Waals surface area contributed by atoms with E-state index in [1.54, 1.807) is 62.3 Å². The molecule has 0 aromatic carbocycles. The summed E-state index contributed by atoms with van der Waals surface area (Å²) in [5.41, 5.74) is 0.306. The number of sulfonamides is 3. The van der Waals surface area contributed by atoms with Crippen molar-refractivity contribution in [2.24, 2.45) is 16.7 Å². The summed E-state index contributed by atoms with van der Waals surface area (Å²) in [4.78, 5) is 0. The highest BCUT2D eigenvalue weighted by molar-refractivity contribution is 7.91. The van der Waals surface area contributed by atoms with Crippen LogP contribution >= 0.6 is 0 Å².